The molecular weight excluding hydrogens is 426 g/mol. The van der Waals surface area contributed by atoms with Crippen molar-refractivity contribution >= 4 is 17.6 Å². The summed E-state index contributed by atoms with van der Waals surface area (Å²) in [6.45, 7) is 4.38. The third-order valence-corrected chi connectivity index (χ3v) is 6.04. The van der Waals surface area contributed by atoms with Crippen molar-refractivity contribution in [3.05, 3.63) is 95.6 Å². The Morgan fingerprint density at radius 1 is 1.00 bits per heavy atom. The molecule has 2 N–H and O–H groups in total. The van der Waals surface area contributed by atoms with Crippen molar-refractivity contribution in [2.75, 3.05) is 25.0 Å². The first-order chi connectivity index (χ1) is 16.6. The predicted octanol–water partition coefficient (Wildman–Crippen LogP) is 5.43. The van der Waals surface area contributed by atoms with Crippen molar-refractivity contribution in [3.63, 3.8) is 0 Å². The van der Waals surface area contributed by atoms with Crippen molar-refractivity contribution in [1.29, 1.82) is 0 Å². The van der Waals surface area contributed by atoms with E-state index in [1.807, 2.05) is 90.7 Å². The Labute approximate surface area is 200 Å². The van der Waals surface area contributed by atoms with Crippen molar-refractivity contribution in [2.24, 2.45) is 0 Å². The average Bonchev–Trinajstić information content (AvgIpc) is 2.89. The standard InChI is InChI=1S/C28H31N3O3/c1-2-34-26-15-13-25(14-16-26)30-28(33)31-17-7-12-24(20-31)22-10-6-11-23(18-22)27(32)29-19-21-8-4-3-5-9-21/h3-6,8-11,13-16,18,24H,2,7,12,17,19-20H2,1H3,(H,29,32)(H,30,33)/t24-/m0/s1. The zero-order valence-electron chi connectivity index (χ0n) is 19.5. The fourth-order valence-electron chi connectivity index (χ4n) is 4.25. The number of benzene rings is 3. The second kappa shape index (κ2) is 11.4. The fraction of sp³-hybridized carbons (Fsp3) is 0.286. The van der Waals surface area contributed by atoms with Gasteiger partial charge in [0.05, 0.1) is 6.61 Å². The van der Waals surface area contributed by atoms with Gasteiger partial charge in [-0.15, -0.1) is 0 Å². The van der Waals surface area contributed by atoms with Crippen LogP contribution in [0, 0.1) is 0 Å². The summed E-state index contributed by atoms with van der Waals surface area (Å²) in [5.41, 5.74) is 3.54. The van der Waals surface area contributed by atoms with Gasteiger partial charge in [-0.25, -0.2) is 4.79 Å². The Kier molecular flexibility index (Phi) is 7.81. The Morgan fingerprint density at radius 2 is 1.79 bits per heavy atom. The van der Waals surface area contributed by atoms with Crippen LogP contribution in [0.5, 0.6) is 5.75 Å². The minimum absolute atomic E-state index is 0.0911. The van der Waals surface area contributed by atoms with Crippen LogP contribution in [0.2, 0.25) is 0 Å². The molecule has 0 unspecified atom stereocenters. The zero-order valence-corrected chi connectivity index (χ0v) is 19.5. The van der Waals surface area contributed by atoms with Crippen LogP contribution in [0.15, 0.2) is 78.9 Å². The summed E-state index contributed by atoms with van der Waals surface area (Å²) in [6.07, 6.45) is 1.91. The van der Waals surface area contributed by atoms with E-state index in [2.05, 4.69) is 10.6 Å². The maximum atomic E-state index is 12.9. The molecule has 0 bridgehead atoms. The van der Waals surface area contributed by atoms with Gasteiger partial charge in [-0.3, -0.25) is 4.79 Å². The minimum Gasteiger partial charge on any atom is -0.494 e. The van der Waals surface area contributed by atoms with E-state index in [0.29, 0.717) is 25.3 Å². The smallest absolute Gasteiger partial charge is 0.321 e. The van der Waals surface area contributed by atoms with Gasteiger partial charge < -0.3 is 20.3 Å². The third kappa shape index (κ3) is 6.16. The summed E-state index contributed by atoms with van der Waals surface area (Å²) in [6, 6.07) is 24.9. The Hall–Kier alpha value is -3.80. The van der Waals surface area contributed by atoms with Crippen LogP contribution in [0.1, 0.15) is 47.2 Å². The molecule has 0 aliphatic carbocycles. The first-order valence-electron chi connectivity index (χ1n) is 11.8. The molecule has 6 nitrogen and oxygen atoms in total. The molecule has 3 aromatic rings. The van der Waals surface area contributed by atoms with Crippen LogP contribution in [0.4, 0.5) is 10.5 Å². The zero-order chi connectivity index (χ0) is 23.8. The molecular formula is C28H31N3O3. The average molecular weight is 458 g/mol. The van der Waals surface area contributed by atoms with Crippen molar-refractivity contribution in [2.45, 2.75) is 32.2 Å². The Bertz CT molecular complexity index is 1100. The number of nitrogens with one attached hydrogen (secondary N) is 2. The van der Waals surface area contributed by atoms with E-state index in [1.165, 1.54) is 0 Å². The van der Waals surface area contributed by atoms with Crippen LogP contribution in [0.3, 0.4) is 0 Å². The third-order valence-electron chi connectivity index (χ3n) is 6.04. The maximum Gasteiger partial charge on any atom is 0.321 e. The van der Waals surface area contributed by atoms with Gasteiger partial charge in [-0.05, 0) is 67.3 Å². The largest absolute Gasteiger partial charge is 0.494 e. The molecule has 3 amide bonds. The molecule has 0 saturated carbocycles. The van der Waals surface area contributed by atoms with Gasteiger partial charge >= 0.3 is 6.03 Å². The van der Waals surface area contributed by atoms with Crippen LogP contribution in [0.25, 0.3) is 0 Å². The van der Waals surface area contributed by atoms with Gasteiger partial charge in [-0.2, -0.15) is 0 Å². The summed E-state index contributed by atoms with van der Waals surface area (Å²) >= 11 is 0. The highest BCUT2D eigenvalue weighted by Crippen LogP contribution is 2.28. The predicted molar refractivity (Wildman–Crippen MR) is 134 cm³/mol. The summed E-state index contributed by atoms with van der Waals surface area (Å²) < 4.78 is 5.46. The quantitative estimate of drug-likeness (QED) is 0.497. The molecule has 6 heteroatoms. The first kappa shape index (κ1) is 23.4. The summed E-state index contributed by atoms with van der Waals surface area (Å²) in [5.74, 6) is 0.888. The van der Waals surface area contributed by atoms with E-state index in [1.54, 1.807) is 0 Å². The normalized spacial score (nSPS) is 15.4. The molecule has 1 aliphatic heterocycles. The number of ether oxygens (including phenoxy) is 1. The van der Waals surface area contributed by atoms with Crippen LogP contribution in [-0.4, -0.2) is 36.5 Å². The number of piperidine rings is 1. The molecule has 0 aromatic heterocycles. The van der Waals surface area contributed by atoms with Crippen molar-refractivity contribution < 1.29 is 14.3 Å². The number of rotatable bonds is 7. The van der Waals surface area contributed by atoms with Crippen molar-refractivity contribution in [1.82, 2.24) is 10.2 Å². The van der Waals surface area contributed by atoms with Gasteiger partial charge in [0.15, 0.2) is 0 Å². The highest BCUT2D eigenvalue weighted by molar-refractivity contribution is 5.94. The highest BCUT2D eigenvalue weighted by atomic mass is 16.5. The summed E-state index contributed by atoms with van der Waals surface area (Å²) in [4.78, 5) is 27.4. The molecule has 176 valence electrons. The van der Waals surface area contributed by atoms with Gasteiger partial charge in [-0.1, -0.05) is 42.5 Å². The molecule has 4 rings (SSSR count). The number of urea groups is 1. The van der Waals surface area contributed by atoms with Gasteiger partial charge in [0.25, 0.3) is 5.91 Å². The Morgan fingerprint density at radius 3 is 2.56 bits per heavy atom. The van der Waals surface area contributed by atoms with E-state index < -0.39 is 0 Å². The van der Waals surface area contributed by atoms with Crippen molar-refractivity contribution in [3.8, 4) is 5.75 Å². The first-order valence-corrected chi connectivity index (χ1v) is 11.8. The number of hydrogen-bond acceptors (Lipinski definition) is 3. The minimum atomic E-state index is -0.106. The summed E-state index contributed by atoms with van der Waals surface area (Å²) in [7, 11) is 0. The number of carbonyl (C=O) groups is 2. The van der Waals surface area contributed by atoms with E-state index >= 15 is 0 Å². The molecule has 1 heterocycles. The molecule has 34 heavy (non-hydrogen) atoms. The number of anilines is 1. The lowest BCUT2D eigenvalue weighted by Crippen LogP contribution is -2.41. The van der Waals surface area contributed by atoms with Crippen LogP contribution < -0.4 is 15.4 Å². The number of hydrogen-bond donors (Lipinski definition) is 2. The monoisotopic (exact) mass is 457 g/mol. The topological polar surface area (TPSA) is 70.7 Å². The number of amides is 3. The molecule has 1 aliphatic rings. The van der Waals surface area contributed by atoms with Crippen LogP contribution in [-0.2, 0) is 6.54 Å². The fourth-order valence-corrected chi connectivity index (χ4v) is 4.25. The number of carbonyl (C=O) groups excluding carboxylic acids is 2. The van der Waals surface area contributed by atoms with E-state index in [0.717, 1.165) is 42.0 Å². The molecule has 1 saturated heterocycles. The Balaban J connectivity index is 1.35. The SMILES string of the molecule is CCOc1ccc(NC(=O)N2CCC[C@H](c3cccc(C(=O)NCc4ccccc4)c3)C2)cc1. The summed E-state index contributed by atoms with van der Waals surface area (Å²) in [5, 5.41) is 5.97. The number of likely N-dealkylation sites (tertiary alicyclic amines) is 1. The van der Waals surface area contributed by atoms with Crippen LogP contribution >= 0.6 is 0 Å². The van der Waals surface area contributed by atoms with E-state index in [-0.39, 0.29) is 17.9 Å². The van der Waals surface area contributed by atoms with E-state index in [9.17, 15) is 9.59 Å². The number of nitrogens with zero attached hydrogens (tertiary/aromatic N) is 1. The van der Waals surface area contributed by atoms with Gasteiger partial charge in [0, 0.05) is 36.8 Å². The molecule has 0 spiro atoms. The lowest BCUT2D eigenvalue weighted by atomic mass is 9.89. The molecule has 0 radical (unpaired) electrons. The second-order valence-corrected chi connectivity index (χ2v) is 8.47. The lowest BCUT2D eigenvalue weighted by molar-refractivity contribution is 0.0950. The second-order valence-electron chi connectivity index (χ2n) is 8.47. The highest BCUT2D eigenvalue weighted by Gasteiger charge is 2.25. The molecule has 1 fully saturated rings. The van der Waals surface area contributed by atoms with E-state index in [4.69, 9.17) is 4.74 Å². The molecule has 3 aromatic carbocycles. The maximum absolute atomic E-state index is 12.9. The van der Waals surface area contributed by atoms with Gasteiger partial charge in [0.1, 0.15) is 5.75 Å². The molecule has 1 atom stereocenters. The lowest BCUT2D eigenvalue weighted by Gasteiger charge is -2.33. The van der Waals surface area contributed by atoms with Gasteiger partial charge in [0.2, 0.25) is 0 Å².